The molecule has 1 amide bonds. The second-order valence-electron chi connectivity index (χ2n) is 5.50. The van der Waals surface area contributed by atoms with Gasteiger partial charge in [-0.3, -0.25) is 14.9 Å². The fourth-order valence-corrected chi connectivity index (χ4v) is 2.70. The van der Waals surface area contributed by atoms with Crippen LogP contribution in [0.3, 0.4) is 0 Å². The van der Waals surface area contributed by atoms with E-state index in [0.29, 0.717) is 11.3 Å². The van der Waals surface area contributed by atoms with Gasteiger partial charge in [0, 0.05) is 42.2 Å². The van der Waals surface area contributed by atoms with E-state index in [9.17, 15) is 14.9 Å². The van der Waals surface area contributed by atoms with Gasteiger partial charge in [-0.25, -0.2) is 0 Å². The first kappa shape index (κ1) is 15.0. The highest BCUT2D eigenvalue weighted by Crippen LogP contribution is 2.21. The summed E-state index contributed by atoms with van der Waals surface area (Å²) < 4.78 is 0. The van der Waals surface area contributed by atoms with Crippen LogP contribution in [0.25, 0.3) is 0 Å². The summed E-state index contributed by atoms with van der Waals surface area (Å²) in [7, 11) is 0. The fraction of sp³-hybridized carbons (Fsp3) is 0.235. The molecule has 0 aliphatic carbocycles. The van der Waals surface area contributed by atoms with Crippen LogP contribution in [0.2, 0.25) is 0 Å². The van der Waals surface area contributed by atoms with Gasteiger partial charge in [-0.2, -0.15) is 0 Å². The molecule has 3 rings (SSSR count). The van der Waals surface area contributed by atoms with Crippen molar-refractivity contribution in [1.29, 1.82) is 0 Å². The first-order valence-electron chi connectivity index (χ1n) is 7.54. The minimum absolute atomic E-state index is 0.0489. The lowest BCUT2D eigenvalue weighted by Gasteiger charge is -2.17. The first-order valence-corrected chi connectivity index (χ1v) is 7.54. The number of rotatable bonds is 4. The minimum atomic E-state index is -0.486. The van der Waals surface area contributed by atoms with Gasteiger partial charge in [0.25, 0.3) is 11.6 Å². The zero-order valence-corrected chi connectivity index (χ0v) is 12.6. The van der Waals surface area contributed by atoms with Crippen LogP contribution in [-0.4, -0.2) is 23.9 Å². The predicted octanol–water partition coefficient (Wildman–Crippen LogP) is 3.45. The summed E-state index contributed by atoms with van der Waals surface area (Å²) >= 11 is 0. The summed E-state index contributed by atoms with van der Waals surface area (Å²) in [6, 6.07) is 13.3. The number of nitrogens with one attached hydrogen (secondary N) is 1. The highest BCUT2D eigenvalue weighted by molar-refractivity contribution is 6.04. The third-order valence-electron chi connectivity index (χ3n) is 3.92. The molecule has 0 bridgehead atoms. The molecule has 1 N–H and O–H groups in total. The van der Waals surface area contributed by atoms with Crippen LogP contribution < -0.4 is 10.2 Å². The number of nitro groups is 1. The summed E-state index contributed by atoms with van der Waals surface area (Å²) in [4.78, 5) is 24.8. The quantitative estimate of drug-likeness (QED) is 0.693. The van der Waals surface area contributed by atoms with Crippen molar-refractivity contribution in [3.63, 3.8) is 0 Å². The maximum atomic E-state index is 12.2. The number of carbonyl (C=O) groups excluding carboxylic acids is 1. The summed E-state index contributed by atoms with van der Waals surface area (Å²) in [5, 5.41) is 13.4. The van der Waals surface area contributed by atoms with E-state index >= 15 is 0 Å². The van der Waals surface area contributed by atoms with Crippen molar-refractivity contribution in [2.24, 2.45) is 0 Å². The van der Waals surface area contributed by atoms with Crippen LogP contribution in [0.4, 0.5) is 17.1 Å². The second-order valence-corrected chi connectivity index (χ2v) is 5.50. The first-order chi connectivity index (χ1) is 11.1. The zero-order valence-electron chi connectivity index (χ0n) is 12.6. The van der Waals surface area contributed by atoms with Crippen LogP contribution in [0.5, 0.6) is 0 Å². The number of nitro benzene ring substituents is 1. The van der Waals surface area contributed by atoms with Gasteiger partial charge in [-0.15, -0.1) is 0 Å². The molecule has 1 fully saturated rings. The Morgan fingerprint density at radius 3 is 2.43 bits per heavy atom. The number of carbonyl (C=O) groups is 1. The van der Waals surface area contributed by atoms with Crippen molar-refractivity contribution in [2.45, 2.75) is 12.8 Å². The minimum Gasteiger partial charge on any atom is -0.372 e. The molecule has 0 radical (unpaired) electrons. The van der Waals surface area contributed by atoms with Crippen LogP contribution in [0, 0.1) is 10.1 Å². The fourth-order valence-electron chi connectivity index (χ4n) is 2.70. The molecule has 1 saturated heterocycles. The van der Waals surface area contributed by atoms with Gasteiger partial charge in [0.2, 0.25) is 0 Å². The molecule has 1 aliphatic heterocycles. The van der Waals surface area contributed by atoms with E-state index in [0.717, 1.165) is 18.8 Å². The van der Waals surface area contributed by atoms with Crippen LogP contribution in [-0.2, 0) is 0 Å². The highest BCUT2D eigenvalue weighted by atomic mass is 16.6. The molecular weight excluding hydrogens is 294 g/mol. The molecule has 6 nitrogen and oxygen atoms in total. The number of hydrogen-bond donors (Lipinski definition) is 1. The maximum Gasteiger partial charge on any atom is 0.271 e. The number of benzene rings is 2. The number of anilines is 2. The Morgan fingerprint density at radius 2 is 1.78 bits per heavy atom. The molecule has 23 heavy (non-hydrogen) atoms. The molecule has 0 spiro atoms. The Morgan fingerprint density at radius 1 is 1.09 bits per heavy atom. The largest absolute Gasteiger partial charge is 0.372 e. The monoisotopic (exact) mass is 311 g/mol. The number of non-ortho nitro benzene ring substituents is 1. The smallest absolute Gasteiger partial charge is 0.271 e. The lowest BCUT2D eigenvalue weighted by Crippen LogP contribution is -2.18. The Labute approximate surface area is 133 Å². The highest BCUT2D eigenvalue weighted by Gasteiger charge is 2.13. The van der Waals surface area contributed by atoms with Crippen molar-refractivity contribution >= 4 is 23.0 Å². The number of amides is 1. The molecule has 2 aromatic carbocycles. The molecule has 2 aromatic rings. The van der Waals surface area contributed by atoms with Gasteiger partial charge in [-0.1, -0.05) is 6.07 Å². The molecule has 1 heterocycles. The third-order valence-corrected chi connectivity index (χ3v) is 3.92. The van der Waals surface area contributed by atoms with Crippen molar-refractivity contribution in [3.05, 3.63) is 64.2 Å². The maximum absolute atomic E-state index is 12.2. The van der Waals surface area contributed by atoms with Crippen molar-refractivity contribution in [2.75, 3.05) is 23.3 Å². The van der Waals surface area contributed by atoms with Gasteiger partial charge in [-0.05, 0) is 43.2 Å². The Kier molecular flexibility index (Phi) is 4.23. The topological polar surface area (TPSA) is 75.5 Å². The predicted molar refractivity (Wildman–Crippen MR) is 88.9 cm³/mol. The molecule has 1 aliphatic rings. The molecule has 6 heteroatoms. The van der Waals surface area contributed by atoms with Crippen LogP contribution in [0.1, 0.15) is 23.2 Å². The van der Waals surface area contributed by atoms with Crippen molar-refractivity contribution in [1.82, 2.24) is 0 Å². The van der Waals surface area contributed by atoms with Gasteiger partial charge < -0.3 is 10.2 Å². The Hall–Kier alpha value is -2.89. The molecule has 0 atom stereocenters. The average molecular weight is 311 g/mol. The van der Waals surface area contributed by atoms with Crippen molar-refractivity contribution in [3.8, 4) is 0 Å². The summed E-state index contributed by atoms with van der Waals surface area (Å²) in [6.07, 6.45) is 2.41. The van der Waals surface area contributed by atoms with Crippen LogP contribution in [0.15, 0.2) is 48.5 Å². The van der Waals surface area contributed by atoms with E-state index in [2.05, 4.69) is 10.2 Å². The molecule has 118 valence electrons. The number of hydrogen-bond acceptors (Lipinski definition) is 4. The third kappa shape index (κ3) is 3.48. The van der Waals surface area contributed by atoms with Gasteiger partial charge >= 0.3 is 0 Å². The summed E-state index contributed by atoms with van der Waals surface area (Å²) in [5.74, 6) is -0.279. The lowest BCUT2D eigenvalue weighted by molar-refractivity contribution is -0.384. The standard InChI is InChI=1S/C17H17N3O3/c21-17(18-14-4-3-5-16(12-14)20(22)23)13-6-8-15(9-7-13)19-10-1-2-11-19/h3-9,12H,1-2,10-11H2,(H,18,21). The summed E-state index contributed by atoms with van der Waals surface area (Å²) in [5.41, 5.74) is 2.01. The van der Waals surface area contributed by atoms with E-state index in [1.165, 1.54) is 25.0 Å². The second kappa shape index (κ2) is 6.48. The number of nitrogens with zero attached hydrogens (tertiary/aromatic N) is 2. The molecular formula is C17H17N3O3. The van der Waals surface area contributed by atoms with E-state index in [4.69, 9.17) is 0 Å². The van der Waals surface area contributed by atoms with Gasteiger partial charge in [0.1, 0.15) is 0 Å². The van der Waals surface area contributed by atoms with Gasteiger partial charge in [0.15, 0.2) is 0 Å². The van der Waals surface area contributed by atoms with E-state index in [-0.39, 0.29) is 11.6 Å². The lowest BCUT2D eigenvalue weighted by atomic mass is 10.1. The van der Waals surface area contributed by atoms with Gasteiger partial charge in [0.05, 0.1) is 4.92 Å². The van der Waals surface area contributed by atoms with E-state index in [1.54, 1.807) is 24.3 Å². The molecule has 0 unspecified atom stereocenters. The van der Waals surface area contributed by atoms with Crippen molar-refractivity contribution < 1.29 is 9.72 Å². The Balaban J connectivity index is 1.70. The summed E-state index contributed by atoms with van der Waals surface area (Å²) in [6.45, 7) is 2.11. The SMILES string of the molecule is O=C(Nc1cccc([N+](=O)[O-])c1)c1ccc(N2CCCC2)cc1. The molecule has 0 aromatic heterocycles. The van der Waals surface area contributed by atoms with Crippen LogP contribution >= 0.6 is 0 Å². The normalized spacial score (nSPS) is 13.8. The average Bonchev–Trinajstić information content (AvgIpc) is 3.09. The Bertz CT molecular complexity index is 722. The van der Waals surface area contributed by atoms with E-state index < -0.39 is 4.92 Å². The zero-order chi connectivity index (χ0) is 16.2. The van der Waals surface area contributed by atoms with E-state index in [1.807, 2.05) is 12.1 Å². The molecule has 0 saturated carbocycles.